The Balaban J connectivity index is 2.48. The molecule has 0 saturated heterocycles. The normalized spacial score (nSPS) is 10.5. The molecule has 0 unspecified atom stereocenters. The third kappa shape index (κ3) is 2.13. The monoisotopic (exact) mass is 226 g/mol. The Morgan fingerprint density at radius 2 is 2.12 bits per heavy atom. The highest BCUT2D eigenvalue weighted by molar-refractivity contribution is 5.60. The first kappa shape index (κ1) is 11.2. The van der Waals surface area contributed by atoms with Crippen molar-refractivity contribution in [3.05, 3.63) is 41.7 Å². The van der Waals surface area contributed by atoms with Gasteiger partial charge in [-0.3, -0.25) is 0 Å². The second-order valence-corrected chi connectivity index (χ2v) is 4.23. The Kier molecular flexibility index (Phi) is 2.84. The topological polar surface area (TPSA) is 67.6 Å². The Labute approximate surface area is 100 Å². The average Bonchev–Trinajstić information content (AvgIpc) is 2.79. The molecule has 0 saturated carbocycles. The molecule has 0 bridgehead atoms. The summed E-state index contributed by atoms with van der Waals surface area (Å²) >= 11 is 0. The van der Waals surface area contributed by atoms with Gasteiger partial charge in [-0.15, -0.1) is 0 Å². The highest BCUT2D eigenvalue weighted by Gasteiger charge is 2.07. The van der Waals surface area contributed by atoms with E-state index in [1.165, 1.54) is 0 Å². The van der Waals surface area contributed by atoms with Crippen LogP contribution in [0.2, 0.25) is 0 Å². The fraction of sp³-hybridized carbons (Fsp3) is 0.231. The van der Waals surface area contributed by atoms with Gasteiger partial charge in [-0.25, -0.2) is 4.68 Å². The summed E-state index contributed by atoms with van der Waals surface area (Å²) in [7, 11) is 0. The quantitative estimate of drug-likeness (QED) is 0.800. The summed E-state index contributed by atoms with van der Waals surface area (Å²) in [5, 5.41) is 13.3. The van der Waals surface area contributed by atoms with Gasteiger partial charge >= 0.3 is 0 Å². The smallest absolute Gasteiger partial charge is 0.0992 e. The third-order valence-electron chi connectivity index (χ3n) is 2.61. The molecule has 0 atom stereocenters. The summed E-state index contributed by atoms with van der Waals surface area (Å²) in [4.78, 5) is 0. The van der Waals surface area contributed by atoms with Crippen molar-refractivity contribution in [2.75, 3.05) is 5.73 Å². The number of hydrogen-bond acceptors (Lipinski definition) is 3. The van der Waals surface area contributed by atoms with Crippen molar-refractivity contribution < 1.29 is 0 Å². The minimum absolute atomic E-state index is 0.372. The molecule has 17 heavy (non-hydrogen) atoms. The first-order valence-corrected chi connectivity index (χ1v) is 5.47. The van der Waals surface area contributed by atoms with Gasteiger partial charge in [0.2, 0.25) is 0 Å². The lowest BCUT2D eigenvalue weighted by Gasteiger charge is -2.06. The van der Waals surface area contributed by atoms with Gasteiger partial charge in [0, 0.05) is 6.20 Å². The van der Waals surface area contributed by atoms with Crippen LogP contribution in [0.5, 0.6) is 0 Å². The zero-order valence-corrected chi connectivity index (χ0v) is 9.88. The molecular formula is C13H14N4. The second kappa shape index (κ2) is 4.30. The van der Waals surface area contributed by atoms with E-state index in [0.717, 1.165) is 11.4 Å². The minimum Gasteiger partial charge on any atom is -0.397 e. The standard InChI is InChI=1S/C13H14N4/c1-9(2)12-5-6-17(16-12)13-7-10(8-14)3-4-11(13)15/h3-7,9H,15H2,1-2H3. The van der Waals surface area contributed by atoms with Crippen LogP contribution in [0.25, 0.3) is 5.69 Å². The van der Waals surface area contributed by atoms with E-state index >= 15 is 0 Å². The molecule has 1 aromatic heterocycles. The van der Waals surface area contributed by atoms with Gasteiger partial charge in [0.25, 0.3) is 0 Å². The molecule has 4 heteroatoms. The lowest BCUT2D eigenvalue weighted by atomic mass is 10.1. The van der Waals surface area contributed by atoms with Gasteiger partial charge in [-0.05, 0) is 30.2 Å². The third-order valence-corrected chi connectivity index (χ3v) is 2.61. The van der Waals surface area contributed by atoms with Crippen LogP contribution >= 0.6 is 0 Å². The Bertz CT molecular complexity index is 575. The predicted molar refractivity (Wildman–Crippen MR) is 66.8 cm³/mol. The number of rotatable bonds is 2. The maximum Gasteiger partial charge on any atom is 0.0992 e. The second-order valence-electron chi connectivity index (χ2n) is 4.23. The lowest BCUT2D eigenvalue weighted by molar-refractivity contribution is 0.769. The molecule has 1 aromatic carbocycles. The largest absolute Gasteiger partial charge is 0.397 e. The van der Waals surface area contributed by atoms with Gasteiger partial charge in [0.05, 0.1) is 28.7 Å². The molecule has 0 amide bonds. The van der Waals surface area contributed by atoms with Crippen LogP contribution in [-0.4, -0.2) is 9.78 Å². The van der Waals surface area contributed by atoms with Crippen molar-refractivity contribution in [2.24, 2.45) is 0 Å². The molecule has 2 rings (SSSR count). The van der Waals surface area contributed by atoms with Crippen LogP contribution in [0, 0.1) is 11.3 Å². The minimum atomic E-state index is 0.372. The van der Waals surface area contributed by atoms with Crippen molar-refractivity contribution in [2.45, 2.75) is 19.8 Å². The number of hydrogen-bond donors (Lipinski definition) is 1. The first-order valence-electron chi connectivity index (χ1n) is 5.47. The number of nitrogen functional groups attached to an aromatic ring is 1. The molecular weight excluding hydrogens is 212 g/mol. The number of benzene rings is 1. The van der Waals surface area contributed by atoms with Crippen LogP contribution in [0.4, 0.5) is 5.69 Å². The summed E-state index contributed by atoms with van der Waals surface area (Å²) in [5.41, 5.74) is 8.84. The van der Waals surface area contributed by atoms with Crippen molar-refractivity contribution in [3.63, 3.8) is 0 Å². The number of aromatic nitrogens is 2. The van der Waals surface area contributed by atoms with E-state index in [4.69, 9.17) is 11.0 Å². The molecule has 0 spiro atoms. The van der Waals surface area contributed by atoms with Gasteiger partial charge in [-0.1, -0.05) is 13.8 Å². The Morgan fingerprint density at radius 3 is 2.71 bits per heavy atom. The van der Waals surface area contributed by atoms with E-state index in [-0.39, 0.29) is 0 Å². The number of nitrogens with two attached hydrogens (primary N) is 1. The van der Waals surface area contributed by atoms with E-state index in [9.17, 15) is 0 Å². The fourth-order valence-electron chi connectivity index (χ4n) is 1.59. The molecule has 4 nitrogen and oxygen atoms in total. The zero-order valence-electron chi connectivity index (χ0n) is 9.88. The zero-order chi connectivity index (χ0) is 12.4. The molecule has 2 N–H and O–H groups in total. The Hall–Kier alpha value is -2.28. The van der Waals surface area contributed by atoms with Crippen LogP contribution in [0.1, 0.15) is 31.0 Å². The van der Waals surface area contributed by atoms with E-state index in [2.05, 4.69) is 25.0 Å². The maximum absolute atomic E-state index is 8.87. The van der Waals surface area contributed by atoms with Gasteiger partial charge in [0.1, 0.15) is 0 Å². The first-order chi connectivity index (χ1) is 8.11. The van der Waals surface area contributed by atoms with Crippen molar-refractivity contribution >= 4 is 5.69 Å². The SMILES string of the molecule is CC(C)c1ccn(-c2cc(C#N)ccc2N)n1. The van der Waals surface area contributed by atoms with Gasteiger partial charge in [-0.2, -0.15) is 10.4 Å². The van der Waals surface area contributed by atoms with Gasteiger partial charge in [0.15, 0.2) is 0 Å². The van der Waals surface area contributed by atoms with E-state index < -0.39 is 0 Å². The molecule has 0 radical (unpaired) electrons. The average molecular weight is 226 g/mol. The van der Waals surface area contributed by atoms with E-state index in [1.54, 1.807) is 22.9 Å². The molecule has 1 heterocycles. The summed E-state index contributed by atoms with van der Waals surface area (Å²) in [6.07, 6.45) is 1.86. The number of anilines is 1. The van der Waals surface area contributed by atoms with Crippen molar-refractivity contribution in [3.8, 4) is 11.8 Å². The van der Waals surface area contributed by atoms with Crippen molar-refractivity contribution in [1.82, 2.24) is 9.78 Å². The number of nitrogens with zero attached hydrogens (tertiary/aromatic N) is 3. The fourth-order valence-corrected chi connectivity index (χ4v) is 1.59. The molecule has 0 aliphatic rings. The highest BCUT2D eigenvalue weighted by Crippen LogP contribution is 2.20. The lowest BCUT2D eigenvalue weighted by Crippen LogP contribution is -2.02. The van der Waals surface area contributed by atoms with E-state index in [0.29, 0.717) is 17.2 Å². The summed E-state index contributed by atoms with van der Waals surface area (Å²) in [6, 6.07) is 9.23. The predicted octanol–water partition coefficient (Wildman–Crippen LogP) is 2.45. The van der Waals surface area contributed by atoms with Crippen LogP contribution < -0.4 is 5.73 Å². The maximum atomic E-state index is 8.87. The Morgan fingerprint density at radius 1 is 1.35 bits per heavy atom. The van der Waals surface area contributed by atoms with Crippen LogP contribution in [0.3, 0.4) is 0 Å². The van der Waals surface area contributed by atoms with Crippen LogP contribution in [0.15, 0.2) is 30.5 Å². The van der Waals surface area contributed by atoms with E-state index in [1.807, 2.05) is 12.3 Å². The molecule has 0 aliphatic heterocycles. The molecule has 86 valence electrons. The van der Waals surface area contributed by atoms with Gasteiger partial charge < -0.3 is 5.73 Å². The molecule has 0 fully saturated rings. The molecule has 0 aliphatic carbocycles. The summed E-state index contributed by atoms with van der Waals surface area (Å²) < 4.78 is 1.71. The van der Waals surface area contributed by atoms with Crippen molar-refractivity contribution in [1.29, 1.82) is 5.26 Å². The van der Waals surface area contributed by atoms with Crippen LogP contribution in [-0.2, 0) is 0 Å². The summed E-state index contributed by atoms with van der Waals surface area (Å²) in [6.45, 7) is 4.17. The highest BCUT2D eigenvalue weighted by atomic mass is 15.3. The number of nitriles is 1. The summed E-state index contributed by atoms with van der Waals surface area (Å²) in [5.74, 6) is 0.372. The molecule has 2 aromatic rings.